The molecule has 2 aromatic heterocycles. The van der Waals surface area contributed by atoms with E-state index in [1.54, 1.807) is 0 Å². The van der Waals surface area contributed by atoms with E-state index < -0.39 is 0 Å². The van der Waals surface area contributed by atoms with E-state index in [0.717, 1.165) is 19.4 Å². The normalized spacial score (nSPS) is 20.1. The van der Waals surface area contributed by atoms with Crippen molar-refractivity contribution in [3.8, 4) is 0 Å². The highest BCUT2D eigenvalue weighted by Gasteiger charge is 2.27. The Morgan fingerprint density at radius 3 is 2.95 bits per heavy atom. The van der Waals surface area contributed by atoms with Crippen LogP contribution in [0, 0.1) is 6.92 Å². The zero-order valence-electron chi connectivity index (χ0n) is 13.3. The zero-order valence-corrected chi connectivity index (χ0v) is 13.3. The van der Waals surface area contributed by atoms with E-state index in [2.05, 4.69) is 27.4 Å². The van der Waals surface area contributed by atoms with Crippen molar-refractivity contribution in [1.29, 1.82) is 0 Å². The Kier molecular flexibility index (Phi) is 3.96. The van der Waals surface area contributed by atoms with Gasteiger partial charge in [-0.2, -0.15) is 0 Å². The number of amides is 1. The van der Waals surface area contributed by atoms with E-state index in [1.165, 1.54) is 11.1 Å². The first-order valence-electron chi connectivity index (χ1n) is 7.82. The van der Waals surface area contributed by atoms with Gasteiger partial charge in [0, 0.05) is 12.6 Å². The van der Waals surface area contributed by atoms with Crippen molar-refractivity contribution < 1.29 is 4.79 Å². The Bertz CT molecular complexity index is 682. The second-order valence-corrected chi connectivity index (χ2v) is 5.97. The number of anilines is 1. The standard InChI is InChI=1S/C15H22N6O/c1-10-6-4-5-9-20(10)15(22)11(2)16-13-7-8-14-17-12(3)18-21(14)19-13/h7-8,10-11H,4-6,9H2,1-3H3,(H,16,19)/t10-,11-/m1/s1. The number of hydrogen-bond donors (Lipinski definition) is 1. The average Bonchev–Trinajstić information content (AvgIpc) is 2.86. The van der Waals surface area contributed by atoms with Gasteiger partial charge in [0.25, 0.3) is 0 Å². The van der Waals surface area contributed by atoms with Crippen LogP contribution in [0.2, 0.25) is 0 Å². The second-order valence-electron chi connectivity index (χ2n) is 5.97. The number of fused-ring (bicyclic) bond motifs is 1. The molecule has 3 heterocycles. The van der Waals surface area contributed by atoms with Gasteiger partial charge in [0.2, 0.25) is 5.91 Å². The smallest absolute Gasteiger partial charge is 0.245 e. The van der Waals surface area contributed by atoms with Gasteiger partial charge in [-0.3, -0.25) is 4.79 Å². The fraction of sp³-hybridized carbons (Fsp3) is 0.600. The van der Waals surface area contributed by atoms with Crippen molar-refractivity contribution in [2.45, 2.75) is 52.1 Å². The van der Waals surface area contributed by atoms with Crippen molar-refractivity contribution in [3.63, 3.8) is 0 Å². The highest BCUT2D eigenvalue weighted by Crippen LogP contribution is 2.18. The predicted octanol–water partition coefficient (Wildman–Crippen LogP) is 1.63. The number of rotatable bonds is 3. The molecule has 3 rings (SSSR count). The topological polar surface area (TPSA) is 75.4 Å². The summed E-state index contributed by atoms with van der Waals surface area (Å²) in [5, 5.41) is 11.7. The summed E-state index contributed by atoms with van der Waals surface area (Å²) in [7, 11) is 0. The molecule has 2 atom stereocenters. The van der Waals surface area contributed by atoms with E-state index >= 15 is 0 Å². The molecule has 2 aromatic rings. The third-order valence-corrected chi connectivity index (χ3v) is 4.13. The largest absolute Gasteiger partial charge is 0.357 e. The fourth-order valence-electron chi connectivity index (χ4n) is 2.92. The molecule has 1 fully saturated rings. The molecular weight excluding hydrogens is 280 g/mol. The Labute approximate surface area is 129 Å². The van der Waals surface area contributed by atoms with Crippen LogP contribution in [0.5, 0.6) is 0 Å². The first-order chi connectivity index (χ1) is 10.5. The summed E-state index contributed by atoms with van der Waals surface area (Å²) in [6, 6.07) is 3.68. The summed E-state index contributed by atoms with van der Waals surface area (Å²) in [6.45, 7) is 6.67. The lowest BCUT2D eigenvalue weighted by molar-refractivity contribution is -0.134. The van der Waals surface area contributed by atoms with Gasteiger partial charge in [0.1, 0.15) is 17.7 Å². The Hall–Kier alpha value is -2.18. The van der Waals surface area contributed by atoms with Crippen LogP contribution in [-0.4, -0.2) is 49.2 Å². The molecule has 7 heteroatoms. The number of hydrogen-bond acceptors (Lipinski definition) is 5. The molecular formula is C15H22N6O. The van der Waals surface area contributed by atoms with Gasteiger partial charge in [0.15, 0.2) is 5.65 Å². The third-order valence-electron chi connectivity index (χ3n) is 4.13. The predicted molar refractivity (Wildman–Crippen MR) is 83.6 cm³/mol. The number of aromatic nitrogens is 4. The second kappa shape index (κ2) is 5.90. The Morgan fingerprint density at radius 1 is 1.36 bits per heavy atom. The maximum Gasteiger partial charge on any atom is 0.245 e. The monoisotopic (exact) mass is 302 g/mol. The summed E-state index contributed by atoms with van der Waals surface area (Å²) in [5.74, 6) is 1.43. The maximum atomic E-state index is 12.6. The van der Waals surface area contributed by atoms with Crippen molar-refractivity contribution in [2.24, 2.45) is 0 Å². The SMILES string of the molecule is Cc1nc2ccc(N[C@H](C)C(=O)N3CCCC[C@H]3C)nn2n1. The zero-order chi connectivity index (χ0) is 15.7. The number of nitrogens with zero attached hydrogens (tertiary/aromatic N) is 5. The van der Waals surface area contributed by atoms with Crippen LogP contribution in [0.1, 0.15) is 38.9 Å². The summed E-state index contributed by atoms with van der Waals surface area (Å²) in [4.78, 5) is 18.8. The first kappa shape index (κ1) is 14.7. The molecule has 22 heavy (non-hydrogen) atoms. The molecule has 0 saturated carbocycles. The molecule has 0 unspecified atom stereocenters. The highest BCUT2D eigenvalue weighted by atomic mass is 16.2. The summed E-state index contributed by atoms with van der Waals surface area (Å²) in [6.07, 6.45) is 3.38. The van der Waals surface area contributed by atoms with Crippen LogP contribution in [-0.2, 0) is 4.79 Å². The lowest BCUT2D eigenvalue weighted by Gasteiger charge is -2.35. The molecule has 1 saturated heterocycles. The highest BCUT2D eigenvalue weighted by molar-refractivity contribution is 5.84. The number of aryl methyl sites for hydroxylation is 1. The molecule has 1 amide bonds. The molecule has 1 N–H and O–H groups in total. The minimum atomic E-state index is -0.310. The average molecular weight is 302 g/mol. The van der Waals surface area contributed by atoms with E-state index in [4.69, 9.17) is 0 Å². The molecule has 0 radical (unpaired) electrons. The van der Waals surface area contributed by atoms with Crippen LogP contribution in [0.3, 0.4) is 0 Å². The van der Waals surface area contributed by atoms with Gasteiger partial charge in [-0.05, 0) is 52.2 Å². The first-order valence-corrected chi connectivity index (χ1v) is 7.82. The van der Waals surface area contributed by atoms with Crippen molar-refractivity contribution in [2.75, 3.05) is 11.9 Å². The van der Waals surface area contributed by atoms with Crippen molar-refractivity contribution >= 4 is 17.4 Å². The fourth-order valence-corrected chi connectivity index (χ4v) is 2.92. The van der Waals surface area contributed by atoms with Crippen LogP contribution in [0.4, 0.5) is 5.82 Å². The van der Waals surface area contributed by atoms with Crippen LogP contribution >= 0.6 is 0 Å². The van der Waals surface area contributed by atoms with Gasteiger partial charge in [0.05, 0.1) is 0 Å². The van der Waals surface area contributed by atoms with Crippen LogP contribution < -0.4 is 5.32 Å². The summed E-state index contributed by atoms with van der Waals surface area (Å²) >= 11 is 0. The summed E-state index contributed by atoms with van der Waals surface area (Å²) in [5.41, 5.74) is 0.701. The van der Waals surface area contributed by atoms with E-state index in [-0.39, 0.29) is 11.9 Å². The molecule has 0 spiro atoms. The van der Waals surface area contributed by atoms with Gasteiger partial charge in [-0.25, -0.2) is 4.98 Å². The lowest BCUT2D eigenvalue weighted by atomic mass is 10.0. The number of carbonyl (C=O) groups is 1. The van der Waals surface area contributed by atoms with Gasteiger partial charge in [-0.15, -0.1) is 14.8 Å². The van der Waals surface area contributed by atoms with E-state index in [0.29, 0.717) is 23.3 Å². The Balaban J connectivity index is 1.71. The van der Waals surface area contributed by atoms with Gasteiger partial charge >= 0.3 is 0 Å². The summed E-state index contributed by atoms with van der Waals surface area (Å²) < 4.78 is 1.48. The minimum Gasteiger partial charge on any atom is -0.357 e. The molecule has 1 aliphatic rings. The molecule has 0 bridgehead atoms. The number of carbonyl (C=O) groups excluding carboxylic acids is 1. The quantitative estimate of drug-likeness (QED) is 0.932. The molecule has 0 aliphatic carbocycles. The van der Waals surface area contributed by atoms with Crippen LogP contribution in [0.15, 0.2) is 12.1 Å². The van der Waals surface area contributed by atoms with E-state index in [9.17, 15) is 4.79 Å². The molecule has 1 aliphatic heterocycles. The molecule has 7 nitrogen and oxygen atoms in total. The third kappa shape index (κ3) is 2.88. The van der Waals surface area contributed by atoms with Crippen molar-refractivity contribution in [1.82, 2.24) is 24.7 Å². The van der Waals surface area contributed by atoms with E-state index in [1.807, 2.05) is 30.9 Å². The molecule has 118 valence electrons. The number of likely N-dealkylation sites (tertiary alicyclic amines) is 1. The van der Waals surface area contributed by atoms with Crippen molar-refractivity contribution in [3.05, 3.63) is 18.0 Å². The molecule has 0 aromatic carbocycles. The number of piperidine rings is 1. The Morgan fingerprint density at radius 2 is 2.18 bits per heavy atom. The van der Waals surface area contributed by atoms with Gasteiger partial charge < -0.3 is 10.2 Å². The maximum absolute atomic E-state index is 12.6. The van der Waals surface area contributed by atoms with Gasteiger partial charge in [-0.1, -0.05) is 0 Å². The number of nitrogens with one attached hydrogen (secondary N) is 1. The van der Waals surface area contributed by atoms with Crippen LogP contribution in [0.25, 0.3) is 5.65 Å². The lowest BCUT2D eigenvalue weighted by Crippen LogP contribution is -2.48. The minimum absolute atomic E-state index is 0.129.